The average molecular weight is 170 g/mol. The number of nitriles is 1. The van der Waals surface area contributed by atoms with Crippen LogP contribution < -0.4 is 5.32 Å². The molecule has 0 fully saturated rings. The molecule has 1 unspecified atom stereocenters. The molecule has 12 heavy (non-hydrogen) atoms. The summed E-state index contributed by atoms with van der Waals surface area (Å²) in [5, 5.41) is 10.9. The molecule has 0 saturated carbocycles. The topological polar surface area (TPSA) is 62.1 Å². The van der Waals surface area contributed by atoms with E-state index in [1.54, 1.807) is 13.2 Å². The summed E-state index contributed by atoms with van der Waals surface area (Å²) < 4.78 is 4.84. The SMILES string of the molecule is COCCC(C)NC(=O)CC#N. The van der Waals surface area contributed by atoms with E-state index in [1.165, 1.54) is 0 Å². The van der Waals surface area contributed by atoms with Crippen LogP contribution in [0.15, 0.2) is 0 Å². The first kappa shape index (κ1) is 10.9. The number of ether oxygens (including phenoxy) is 1. The van der Waals surface area contributed by atoms with E-state index in [-0.39, 0.29) is 18.4 Å². The normalized spacial score (nSPS) is 11.8. The summed E-state index contributed by atoms with van der Waals surface area (Å²) >= 11 is 0. The van der Waals surface area contributed by atoms with Gasteiger partial charge in [0, 0.05) is 19.8 Å². The molecule has 0 aromatic rings. The van der Waals surface area contributed by atoms with Gasteiger partial charge in [-0.05, 0) is 13.3 Å². The van der Waals surface area contributed by atoms with Crippen LogP contribution in [0.4, 0.5) is 0 Å². The minimum absolute atomic E-state index is 0.0721. The third kappa shape index (κ3) is 5.69. The number of carbonyl (C=O) groups excluding carboxylic acids is 1. The van der Waals surface area contributed by atoms with Gasteiger partial charge in [-0.3, -0.25) is 4.79 Å². The smallest absolute Gasteiger partial charge is 0.234 e. The van der Waals surface area contributed by atoms with Crippen LogP contribution in [0.25, 0.3) is 0 Å². The van der Waals surface area contributed by atoms with Gasteiger partial charge < -0.3 is 10.1 Å². The Morgan fingerprint density at radius 2 is 2.42 bits per heavy atom. The van der Waals surface area contributed by atoms with Crippen LogP contribution >= 0.6 is 0 Å². The largest absolute Gasteiger partial charge is 0.385 e. The van der Waals surface area contributed by atoms with Crippen molar-refractivity contribution in [2.45, 2.75) is 25.8 Å². The van der Waals surface area contributed by atoms with Gasteiger partial charge in [0.25, 0.3) is 0 Å². The van der Waals surface area contributed by atoms with Gasteiger partial charge in [0.05, 0.1) is 6.07 Å². The van der Waals surface area contributed by atoms with Gasteiger partial charge in [-0.15, -0.1) is 0 Å². The molecule has 0 spiro atoms. The minimum atomic E-state index is -0.221. The summed E-state index contributed by atoms with van der Waals surface area (Å²) in [6, 6.07) is 1.86. The van der Waals surface area contributed by atoms with Gasteiger partial charge in [-0.25, -0.2) is 0 Å². The molecular weight excluding hydrogens is 156 g/mol. The maximum atomic E-state index is 10.8. The number of hydrogen-bond acceptors (Lipinski definition) is 3. The molecule has 0 aromatic carbocycles. The van der Waals surface area contributed by atoms with Crippen molar-refractivity contribution in [3.63, 3.8) is 0 Å². The van der Waals surface area contributed by atoms with Crippen LogP contribution in [0, 0.1) is 11.3 Å². The number of nitrogens with one attached hydrogen (secondary N) is 1. The van der Waals surface area contributed by atoms with Crippen molar-refractivity contribution >= 4 is 5.91 Å². The number of carbonyl (C=O) groups is 1. The summed E-state index contributed by atoms with van der Waals surface area (Å²) in [4.78, 5) is 10.8. The molecule has 1 amide bonds. The van der Waals surface area contributed by atoms with E-state index in [9.17, 15) is 4.79 Å². The summed E-state index contributed by atoms with van der Waals surface area (Å²) in [7, 11) is 1.61. The number of hydrogen-bond donors (Lipinski definition) is 1. The molecule has 0 radical (unpaired) electrons. The Kier molecular flexibility index (Phi) is 6.02. The van der Waals surface area contributed by atoms with Gasteiger partial charge in [-0.2, -0.15) is 5.26 Å². The first-order valence-corrected chi connectivity index (χ1v) is 3.86. The Labute approximate surface area is 72.5 Å². The Morgan fingerprint density at radius 1 is 1.75 bits per heavy atom. The molecular formula is C8H14N2O2. The second-order valence-electron chi connectivity index (χ2n) is 2.58. The van der Waals surface area contributed by atoms with Crippen LogP contribution in [-0.2, 0) is 9.53 Å². The maximum absolute atomic E-state index is 10.8. The van der Waals surface area contributed by atoms with E-state index >= 15 is 0 Å². The maximum Gasteiger partial charge on any atom is 0.234 e. The number of methoxy groups -OCH3 is 1. The van der Waals surface area contributed by atoms with Crippen LogP contribution in [-0.4, -0.2) is 25.7 Å². The van der Waals surface area contributed by atoms with Crippen LogP contribution in [0.1, 0.15) is 19.8 Å². The lowest BCUT2D eigenvalue weighted by molar-refractivity contribution is -0.120. The standard InChI is InChI=1S/C8H14N2O2/c1-7(4-6-12-2)10-8(11)3-5-9/h7H,3-4,6H2,1-2H3,(H,10,11). The predicted molar refractivity (Wildman–Crippen MR) is 44.3 cm³/mol. The molecule has 0 aliphatic rings. The highest BCUT2D eigenvalue weighted by Gasteiger charge is 2.05. The van der Waals surface area contributed by atoms with Gasteiger partial charge in [-0.1, -0.05) is 0 Å². The Balaban J connectivity index is 3.48. The third-order valence-corrected chi connectivity index (χ3v) is 1.40. The zero-order valence-corrected chi connectivity index (χ0v) is 7.46. The highest BCUT2D eigenvalue weighted by molar-refractivity contribution is 5.78. The molecule has 0 rings (SSSR count). The molecule has 0 aliphatic heterocycles. The van der Waals surface area contributed by atoms with E-state index in [1.807, 2.05) is 6.92 Å². The fourth-order valence-corrected chi connectivity index (χ4v) is 0.764. The van der Waals surface area contributed by atoms with E-state index in [4.69, 9.17) is 10.00 Å². The summed E-state index contributed by atoms with van der Waals surface area (Å²) in [5.74, 6) is -0.221. The quantitative estimate of drug-likeness (QED) is 0.651. The number of nitrogens with zero attached hydrogens (tertiary/aromatic N) is 1. The van der Waals surface area contributed by atoms with Crippen LogP contribution in [0.5, 0.6) is 0 Å². The van der Waals surface area contributed by atoms with Crippen molar-refractivity contribution < 1.29 is 9.53 Å². The molecule has 4 nitrogen and oxygen atoms in total. The first-order chi connectivity index (χ1) is 5.70. The van der Waals surface area contributed by atoms with Gasteiger partial charge in [0.2, 0.25) is 5.91 Å². The monoisotopic (exact) mass is 170 g/mol. The third-order valence-electron chi connectivity index (χ3n) is 1.40. The van der Waals surface area contributed by atoms with Crippen molar-refractivity contribution in [2.75, 3.05) is 13.7 Å². The number of amides is 1. The van der Waals surface area contributed by atoms with Gasteiger partial charge >= 0.3 is 0 Å². The first-order valence-electron chi connectivity index (χ1n) is 3.86. The average Bonchev–Trinajstić information content (AvgIpc) is 2.01. The van der Waals surface area contributed by atoms with Crippen molar-refractivity contribution in [1.82, 2.24) is 5.32 Å². The van der Waals surface area contributed by atoms with E-state index in [0.717, 1.165) is 6.42 Å². The molecule has 4 heteroatoms. The van der Waals surface area contributed by atoms with E-state index in [2.05, 4.69) is 5.32 Å². The lowest BCUT2D eigenvalue weighted by atomic mass is 10.2. The zero-order valence-electron chi connectivity index (χ0n) is 7.46. The van der Waals surface area contributed by atoms with Crippen molar-refractivity contribution in [3.05, 3.63) is 0 Å². The summed E-state index contributed by atoms with van der Waals surface area (Å²) in [6.07, 6.45) is 0.699. The molecule has 0 aliphatic carbocycles. The minimum Gasteiger partial charge on any atom is -0.385 e. The molecule has 0 aromatic heterocycles. The fraction of sp³-hybridized carbons (Fsp3) is 0.750. The molecule has 0 heterocycles. The van der Waals surface area contributed by atoms with E-state index < -0.39 is 0 Å². The molecule has 0 saturated heterocycles. The molecule has 1 N–H and O–H groups in total. The summed E-state index contributed by atoms with van der Waals surface area (Å²) in [6.45, 7) is 2.50. The fourth-order valence-electron chi connectivity index (χ4n) is 0.764. The Hall–Kier alpha value is -1.08. The Morgan fingerprint density at radius 3 is 2.92 bits per heavy atom. The van der Waals surface area contributed by atoms with Crippen LogP contribution in [0.3, 0.4) is 0 Å². The molecule has 1 atom stereocenters. The highest BCUT2D eigenvalue weighted by Crippen LogP contribution is 1.91. The molecule has 0 bridgehead atoms. The van der Waals surface area contributed by atoms with Crippen LogP contribution in [0.2, 0.25) is 0 Å². The summed E-state index contributed by atoms with van der Waals surface area (Å²) in [5.41, 5.74) is 0. The number of rotatable bonds is 5. The molecule has 68 valence electrons. The van der Waals surface area contributed by atoms with Crippen molar-refractivity contribution in [3.8, 4) is 6.07 Å². The second-order valence-corrected chi connectivity index (χ2v) is 2.58. The van der Waals surface area contributed by atoms with Gasteiger partial charge in [0.15, 0.2) is 0 Å². The lowest BCUT2D eigenvalue weighted by Gasteiger charge is -2.11. The van der Waals surface area contributed by atoms with Crippen molar-refractivity contribution in [2.24, 2.45) is 0 Å². The zero-order chi connectivity index (χ0) is 9.40. The highest BCUT2D eigenvalue weighted by atomic mass is 16.5. The Bertz CT molecular complexity index is 174. The van der Waals surface area contributed by atoms with Gasteiger partial charge in [0.1, 0.15) is 6.42 Å². The van der Waals surface area contributed by atoms with E-state index in [0.29, 0.717) is 6.61 Å². The second kappa shape index (κ2) is 6.62. The predicted octanol–water partition coefficient (Wildman–Crippen LogP) is 0.441. The lowest BCUT2D eigenvalue weighted by Crippen LogP contribution is -2.32. The van der Waals surface area contributed by atoms with Crippen molar-refractivity contribution in [1.29, 1.82) is 5.26 Å².